The molecular weight excluding hydrogens is 448 g/mol. The Bertz CT molecular complexity index is 985. The number of ketones is 1. The van der Waals surface area contributed by atoms with Gasteiger partial charge in [0.1, 0.15) is 16.9 Å². The van der Waals surface area contributed by atoms with Crippen molar-refractivity contribution in [2.45, 2.75) is 77.0 Å². The van der Waals surface area contributed by atoms with Crippen LogP contribution in [0.15, 0.2) is 36.0 Å². The van der Waals surface area contributed by atoms with Gasteiger partial charge in [-0.15, -0.1) is 6.58 Å². The van der Waals surface area contributed by atoms with Crippen molar-refractivity contribution in [3.63, 3.8) is 0 Å². The van der Waals surface area contributed by atoms with E-state index < -0.39 is 23.0 Å². The van der Waals surface area contributed by atoms with E-state index >= 15 is 0 Å². The van der Waals surface area contributed by atoms with Crippen LogP contribution >= 0.6 is 11.8 Å². The lowest BCUT2D eigenvalue weighted by molar-refractivity contribution is -0.205. The summed E-state index contributed by atoms with van der Waals surface area (Å²) in [6.45, 7) is 12.5. The number of anilines is 1. The Balaban J connectivity index is 1.69. The molecule has 2 bridgehead atoms. The minimum absolute atomic E-state index is 0.0434. The average Bonchev–Trinajstić information content (AvgIpc) is 3.17. The molecule has 0 saturated heterocycles. The third kappa shape index (κ3) is 3.79. The monoisotopic (exact) mass is 486 g/mol. The number of carbonyl (C=O) groups excluding carboxylic acids is 2. The van der Waals surface area contributed by atoms with Crippen LogP contribution in [0.25, 0.3) is 0 Å². The number of ether oxygens (including phenoxy) is 1. The molecule has 0 spiro atoms. The second-order valence-electron chi connectivity index (χ2n) is 11.3. The zero-order chi connectivity index (χ0) is 24.9. The van der Waals surface area contributed by atoms with Gasteiger partial charge in [-0.3, -0.25) is 9.59 Å². The number of esters is 1. The minimum atomic E-state index is -0.666. The lowest BCUT2D eigenvalue weighted by Crippen LogP contribution is -2.63. The summed E-state index contributed by atoms with van der Waals surface area (Å²) in [7, 11) is 0. The molecule has 186 valence electrons. The number of hydrogen-bond acceptors (Lipinski definition) is 7. The van der Waals surface area contributed by atoms with Crippen LogP contribution in [0, 0.1) is 34.0 Å². The van der Waals surface area contributed by atoms with Crippen LogP contribution in [0.4, 0.5) is 5.69 Å². The highest BCUT2D eigenvalue weighted by Gasteiger charge is 2.68. The molecule has 3 N–H and O–H groups in total. The van der Waals surface area contributed by atoms with Gasteiger partial charge >= 0.3 is 5.97 Å². The zero-order valence-corrected chi connectivity index (χ0v) is 21.6. The van der Waals surface area contributed by atoms with Gasteiger partial charge in [-0.05, 0) is 55.1 Å². The first-order valence-corrected chi connectivity index (χ1v) is 13.4. The lowest BCUT2D eigenvalue weighted by atomic mass is 9.44. The van der Waals surface area contributed by atoms with E-state index in [1.54, 1.807) is 18.3 Å². The van der Waals surface area contributed by atoms with Crippen molar-refractivity contribution in [1.82, 2.24) is 4.98 Å². The van der Waals surface area contributed by atoms with Gasteiger partial charge in [0.15, 0.2) is 0 Å². The number of nitrogens with zero attached hydrogens (tertiary/aromatic N) is 1. The lowest BCUT2D eigenvalue weighted by Gasteiger charge is -2.61. The van der Waals surface area contributed by atoms with E-state index in [4.69, 9.17) is 10.5 Å². The number of rotatable bonds is 5. The number of nitrogen functional groups attached to an aromatic ring is 1. The molecule has 6 nitrogen and oxygen atoms in total. The van der Waals surface area contributed by atoms with Crippen LogP contribution in [0.5, 0.6) is 0 Å². The highest BCUT2D eigenvalue weighted by molar-refractivity contribution is 8.00. The Morgan fingerprint density at radius 3 is 2.79 bits per heavy atom. The van der Waals surface area contributed by atoms with E-state index in [2.05, 4.69) is 32.3 Å². The van der Waals surface area contributed by atoms with E-state index in [0.29, 0.717) is 23.6 Å². The molecule has 34 heavy (non-hydrogen) atoms. The molecule has 1 aromatic rings. The van der Waals surface area contributed by atoms with Gasteiger partial charge in [0, 0.05) is 29.4 Å². The van der Waals surface area contributed by atoms with Crippen molar-refractivity contribution in [3.8, 4) is 0 Å². The summed E-state index contributed by atoms with van der Waals surface area (Å²) in [4.78, 5) is 30.8. The van der Waals surface area contributed by atoms with Crippen molar-refractivity contribution >= 4 is 29.2 Å². The molecular formula is C27H38N2O4S. The topological polar surface area (TPSA) is 103 Å². The molecule has 3 saturated carbocycles. The SMILES string of the molecule is C=C[C@]1(C)C[C@@H](OC(=O)CSc2ncccc2N)[C@@]2(C)C3C(=O)CC[C@@]3(CC[C@H]2C)[C@@H](C)[C@@H]1O. The van der Waals surface area contributed by atoms with Crippen LogP contribution in [0.3, 0.4) is 0 Å². The Kier molecular flexibility index (Phi) is 6.66. The molecule has 0 aromatic carbocycles. The average molecular weight is 487 g/mol. The fourth-order valence-electron chi connectivity index (χ4n) is 7.35. The van der Waals surface area contributed by atoms with Gasteiger partial charge < -0.3 is 15.6 Å². The third-order valence-electron chi connectivity index (χ3n) is 9.70. The van der Waals surface area contributed by atoms with Crippen molar-refractivity contribution in [3.05, 3.63) is 31.0 Å². The fraction of sp³-hybridized carbons (Fsp3) is 0.667. The number of aromatic nitrogens is 1. The minimum Gasteiger partial charge on any atom is -0.461 e. The Morgan fingerprint density at radius 2 is 2.12 bits per heavy atom. The third-order valence-corrected chi connectivity index (χ3v) is 10.7. The highest BCUT2D eigenvalue weighted by Crippen LogP contribution is 2.68. The number of nitrogens with two attached hydrogens (primary N) is 1. The Hall–Kier alpha value is -1.86. The normalized spacial score (nSPS) is 41.8. The molecule has 8 atom stereocenters. The molecule has 0 aliphatic heterocycles. The van der Waals surface area contributed by atoms with Gasteiger partial charge in [-0.1, -0.05) is 45.5 Å². The standard InChI is InChI=1S/C27H38N2O4S/c1-6-25(4)14-20(33-21(31)15-34-24-18(28)8-7-13-29-24)26(5)16(2)9-11-27(17(3)23(25)32)12-10-19(30)22(26)27/h6-8,13,16-17,20,22-23,32H,1,9-12,14-15,28H2,2-5H3/t16-,17+,20-,22?,23+,25-,26+,27+/m1/s1. The van der Waals surface area contributed by atoms with Crippen molar-refractivity contribution in [1.29, 1.82) is 0 Å². The second-order valence-corrected chi connectivity index (χ2v) is 12.2. The molecule has 0 amide bonds. The Labute approximate surface area is 207 Å². The number of hydrogen-bond donors (Lipinski definition) is 2. The summed E-state index contributed by atoms with van der Waals surface area (Å²) >= 11 is 1.25. The first-order chi connectivity index (χ1) is 16.0. The summed E-state index contributed by atoms with van der Waals surface area (Å²) in [5.41, 5.74) is 5.09. The van der Waals surface area contributed by atoms with E-state index in [-0.39, 0.29) is 40.7 Å². The second kappa shape index (κ2) is 8.98. The van der Waals surface area contributed by atoms with Gasteiger partial charge in [-0.2, -0.15) is 0 Å². The van der Waals surface area contributed by atoms with Crippen LogP contribution in [-0.2, 0) is 14.3 Å². The first kappa shape index (κ1) is 25.2. The van der Waals surface area contributed by atoms with Crippen molar-refractivity contribution in [2.24, 2.45) is 34.0 Å². The van der Waals surface area contributed by atoms with Crippen LogP contribution < -0.4 is 5.73 Å². The van der Waals surface area contributed by atoms with Crippen molar-refractivity contribution < 1.29 is 19.4 Å². The number of aliphatic hydroxyl groups is 1. The van der Waals surface area contributed by atoms with Gasteiger partial charge in [0.2, 0.25) is 0 Å². The predicted molar refractivity (Wildman–Crippen MR) is 134 cm³/mol. The van der Waals surface area contributed by atoms with E-state index in [1.807, 2.05) is 13.0 Å². The summed E-state index contributed by atoms with van der Waals surface area (Å²) in [6.07, 6.45) is 5.92. The van der Waals surface area contributed by atoms with E-state index in [1.165, 1.54) is 11.8 Å². The van der Waals surface area contributed by atoms with Crippen molar-refractivity contribution in [2.75, 3.05) is 11.5 Å². The summed E-state index contributed by atoms with van der Waals surface area (Å²) in [5.74, 6) is -0.0779. The van der Waals surface area contributed by atoms with Crippen LogP contribution in [0.2, 0.25) is 0 Å². The predicted octanol–water partition coefficient (Wildman–Crippen LogP) is 4.66. The maximum Gasteiger partial charge on any atom is 0.316 e. The van der Waals surface area contributed by atoms with Crippen LogP contribution in [-0.4, -0.2) is 39.8 Å². The quantitative estimate of drug-likeness (QED) is 0.354. The highest BCUT2D eigenvalue weighted by atomic mass is 32.2. The molecule has 1 heterocycles. The van der Waals surface area contributed by atoms with Gasteiger partial charge in [0.25, 0.3) is 0 Å². The maximum absolute atomic E-state index is 13.4. The maximum atomic E-state index is 13.4. The molecule has 1 unspecified atom stereocenters. The van der Waals surface area contributed by atoms with Gasteiger partial charge in [-0.25, -0.2) is 4.98 Å². The van der Waals surface area contributed by atoms with E-state index in [9.17, 15) is 14.7 Å². The molecule has 7 heteroatoms. The van der Waals surface area contributed by atoms with Crippen LogP contribution in [0.1, 0.15) is 59.8 Å². The number of carbonyl (C=O) groups is 2. The summed E-state index contributed by atoms with van der Waals surface area (Å²) in [5, 5.41) is 12.2. The zero-order valence-electron chi connectivity index (χ0n) is 20.8. The molecule has 3 fully saturated rings. The number of aliphatic hydroxyl groups excluding tert-OH is 1. The van der Waals surface area contributed by atoms with E-state index in [0.717, 1.165) is 19.3 Å². The number of Topliss-reactive ketones (excluding diaryl/α,β-unsaturated/α-hetero) is 1. The molecule has 0 radical (unpaired) electrons. The number of pyridine rings is 1. The largest absolute Gasteiger partial charge is 0.461 e. The fourth-order valence-corrected chi connectivity index (χ4v) is 8.04. The molecule has 3 aliphatic carbocycles. The number of thioether (sulfide) groups is 1. The molecule has 3 aliphatic rings. The molecule has 1 aromatic heterocycles. The van der Waals surface area contributed by atoms with Gasteiger partial charge in [0.05, 0.1) is 17.5 Å². The Morgan fingerprint density at radius 1 is 1.38 bits per heavy atom. The smallest absolute Gasteiger partial charge is 0.316 e. The summed E-state index contributed by atoms with van der Waals surface area (Å²) < 4.78 is 6.24. The summed E-state index contributed by atoms with van der Waals surface area (Å²) in [6, 6.07) is 3.51. The molecule has 4 rings (SSSR count). The first-order valence-electron chi connectivity index (χ1n) is 12.4.